The fourth-order valence-electron chi connectivity index (χ4n) is 4.59. The van der Waals surface area contributed by atoms with Crippen LogP contribution in [0.1, 0.15) is 12.0 Å². The number of benzene rings is 2. The monoisotopic (exact) mass is 545 g/mol. The standard InChI is InChI=1S/C29H39N9O2/c1-6-27(39)33-23-18-24(34-29-31-20-30-28(35-29)32-22-10-7-9-21(2)17-22)26(40-5)19-25(23)38-15-13-37(14-16-38)12-8-11-36(3)4/h6-7,9-10,17-20H,1,8,11-16H2,2-5H3,(H,33,39)(H2,30,31,32,34,35). The first-order valence-corrected chi connectivity index (χ1v) is 13.4. The van der Waals surface area contributed by atoms with Crippen LogP contribution in [0.4, 0.5) is 34.6 Å². The van der Waals surface area contributed by atoms with E-state index in [1.165, 1.54) is 12.4 Å². The lowest BCUT2D eigenvalue weighted by Crippen LogP contribution is -2.47. The molecule has 2 aromatic carbocycles. The number of anilines is 6. The van der Waals surface area contributed by atoms with Crippen LogP contribution in [0.2, 0.25) is 0 Å². The number of nitrogens with one attached hydrogen (secondary N) is 3. The van der Waals surface area contributed by atoms with Crippen LogP contribution in [-0.2, 0) is 4.79 Å². The molecule has 0 aliphatic carbocycles. The van der Waals surface area contributed by atoms with Crippen LogP contribution in [0, 0.1) is 6.92 Å². The van der Waals surface area contributed by atoms with E-state index in [2.05, 4.69) is 66.3 Å². The van der Waals surface area contributed by atoms with E-state index < -0.39 is 0 Å². The van der Waals surface area contributed by atoms with E-state index in [1.54, 1.807) is 7.11 Å². The van der Waals surface area contributed by atoms with E-state index in [4.69, 9.17) is 4.74 Å². The molecule has 11 nitrogen and oxygen atoms in total. The number of hydrogen-bond acceptors (Lipinski definition) is 10. The molecule has 2 heterocycles. The molecule has 1 amide bonds. The molecule has 3 N–H and O–H groups in total. The zero-order chi connectivity index (χ0) is 28.5. The second-order valence-corrected chi connectivity index (χ2v) is 10.0. The molecular weight excluding hydrogens is 506 g/mol. The minimum Gasteiger partial charge on any atom is -0.494 e. The van der Waals surface area contributed by atoms with Crippen molar-refractivity contribution in [3.63, 3.8) is 0 Å². The van der Waals surface area contributed by atoms with Gasteiger partial charge in [-0.15, -0.1) is 0 Å². The third-order valence-electron chi connectivity index (χ3n) is 6.65. The number of nitrogens with zero attached hydrogens (tertiary/aromatic N) is 6. The summed E-state index contributed by atoms with van der Waals surface area (Å²) in [4.78, 5) is 32.4. The third kappa shape index (κ3) is 7.90. The van der Waals surface area contributed by atoms with Crippen molar-refractivity contribution in [2.75, 3.05) is 81.3 Å². The number of piperazine rings is 1. The van der Waals surface area contributed by atoms with Crippen molar-refractivity contribution in [3.05, 3.63) is 60.9 Å². The molecule has 40 heavy (non-hydrogen) atoms. The Labute approximate surface area is 236 Å². The summed E-state index contributed by atoms with van der Waals surface area (Å²) < 4.78 is 5.75. The average molecular weight is 546 g/mol. The molecular formula is C29H39N9O2. The largest absolute Gasteiger partial charge is 0.494 e. The molecule has 4 rings (SSSR count). The predicted molar refractivity (Wildman–Crippen MR) is 161 cm³/mol. The number of hydrogen-bond donors (Lipinski definition) is 3. The fourth-order valence-corrected chi connectivity index (χ4v) is 4.59. The summed E-state index contributed by atoms with van der Waals surface area (Å²) in [5, 5.41) is 9.39. The molecule has 212 valence electrons. The highest BCUT2D eigenvalue weighted by Gasteiger charge is 2.22. The summed E-state index contributed by atoms with van der Waals surface area (Å²) in [5.74, 6) is 1.06. The quantitative estimate of drug-likeness (QED) is 0.290. The van der Waals surface area contributed by atoms with Crippen LogP contribution >= 0.6 is 0 Å². The van der Waals surface area contributed by atoms with Gasteiger partial charge in [0.2, 0.25) is 17.8 Å². The zero-order valence-electron chi connectivity index (χ0n) is 23.8. The summed E-state index contributed by atoms with van der Waals surface area (Å²) >= 11 is 0. The Balaban J connectivity index is 1.53. The zero-order valence-corrected chi connectivity index (χ0v) is 23.8. The second kappa shape index (κ2) is 13.7. The van der Waals surface area contributed by atoms with Gasteiger partial charge in [-0.2, -0.15) is 4.98 Å². The van der Waals surface area contributed by atoms with Crippen molar-refractivity contribution in [2.45, 2.75) is 13.3 Å². The first kappa shape index (κ1) is 28.8. The van der Waals surface area contributed by atoms with Gasteiger partial charge in [0.15, 0.2) is 0 Å². The molecule has 0 bridgehead atoms. The number of carbonyl (C=O) groups excluding carboxylic acids is 1. The van der Waals surface area contributed by atoms with Crippen molar-refractivity contribution in [1.82, 2.24) is 24.8 Å². The predicted octanol–water partition coefficient (Wildman–Crippen LogP) is 3.87. The molecule has 1 saturated heterocycles. The Bertz CT molecular complexity index is 1310. The van der Waals surface area contributed by atoms with Gasteiger partial charge < -0.3 is 30.5 Å². The number of aryl methyl sites for hydroxylation is 1. The summed E-state index contributed by atoms with van der Waals surface area (Å²) in [6, 6.07) is 11.7. The molecule has 3 aromatic rings. The minimum absolute atomic E-state index is 0.288. The maximum atomic E-state index is 12.4. The van der Waals surface area contributed by atoms with Crippen molar-refractivity contribution in [2.24, 2.45) is 0 Å². The first-order valence-electron chi connectivity index (χ1n) is 13.4. The van der Waals surface area contributed by atoms with Gasteiger partial charge in [-0.3, -0.25) is 9.69 Å². The highest BCUT2D eigenvalue weighted by atomic mass is 16.5. The van der Waals surface area contributed by atoms with Gasteiger partial charge >= 0.3 is 0 Å². The number of aromatic nitrogens is 3. The van der Waals surface area contributed by atoms with Crippen LogP contribution in [0.5, 0.6) is 5.75 Å². The van der Waals surface area contributed by atoms with E-state index in [9.17, 15) is 4.79 Å². The fraction of sp³-hybridized carbons (Fsp3) is 0.379. The Morgan fingerprint density at radius 3 is 2.50 bits per heavy atom. The Morgan fingerprint density at radius 1 is 1.07 bits per heavy atom. The van der Waals surface area contributed by atoms with Crippen molar-refractivity contribution < 1.29 is 9.53 Å². The van der Waals surface area contributed by atoms with Crippen molar-refractivity contribution in [1.29, 1.82) is 0 Å². The van der Waals surface area contributed by atoms with E-state index in [1.807, 2.05) is 43.3 Å². The van der Waals surface area contributed by atoms with Crippen LogP contribution in [-0.4, -0.2) is 91.1 Å². The topological polar surface area (TPSA) is 111 Å². The molecule has 0 atom stereocenters. The molecule has 0 unspecified atom stereocenters. The second-order valence-electron chi connectivity index (χ2n) is 10.0. The Hall–Kier alpha value is -4.22. The average Bonchev–Trinajstić information content (AvgIpc) is 2.93. The van der Waals surface area contributed by atoms with Gasteiger partial charge in [0, 0.05) is 37.9 Å². The maximum Gasteiger partial charge on any atom is 0.247 e. The van der Waals surface area contributed by atoms with E-state index in [-0.39, 0.29) is 5.91 Å². The molecule has 11 heteroatoms. The number of carbonyl (C=O) groups is 1. The van der Waals surface area contributed by atoms with Crippen LogP contribution in [0.15, 0.2) is 55.4 Å². The van der Waals surface area contributed by atoms with E-state index in [0.29, 0.717) is 29.0 Å². The SMILES string of the molecule is C=CC(=O)Nc1cc(Nc2ncnc(Nc3cccc(C)c3)n2)c(OC)cc1N1CCN(CCCN(C)C)CC1. The van der Waals surface area contributed by atoms with Crippen molar-refractivity contribution >= 4 is 40.6 Å². The molecule has 1 aliphatic rings. The van der Waals surface area contributed by atoms with Gasteiger partial charge in [0.1, 0.15) is 12.1 Å². The van der Waals surface area contributed by atoms with Crippen LogP contribution < -0.4 is 25.6 Å². The van der Waals surface area contributed by atoms with Gasteiger partial charge in [-0.25, -0.2) is 9.97 Å². The van der Waals surface area contributed by atoms with E-state index in [0.717, 1.165) is 62.6 Å². The molecule has 0 radical (unpaired) electrons. The first-order chi connectivity index (χ1) is 19.3. The summed E-state index contributed by atoms with van der Waals surface area (Å²) in [6.07, 6.45) is 3.84. The van der Waals surface area contributed by atoms with Gasteiger partial charge in [0.25, 0.3) is 0 Å². The van der Waals surface area contributed by atoms with Gasteiger partial charge in [-0.05, 0) is 70.4 Å². The molecule has 1 aliphatic heterocycles. The van der Waals surface area contributed by atoms with Crippen molar-refractivity contribution in [3.8, 4) is 5.75 Å². The molecule has 0 saturated carbocycles. The Kier molecular flexibility index (Phi) is 9.87. The summed E-state index contributed by atoms with van der Waals surface area (Å²) in [7, 11) is 5.82. The smallest absolute Gasteiger partial charge is 0.247 e. The number of methoxy groups -OCH3 is 1. The lowest BCUT2D eigenvalue weighted by Gasteiger charge is -2.37. The number of amides is 1. The van der Waals surface area contributed by atoms with E-state index >= 15 is 0 Å². The summed E-state index contributed by atoms with van der Waals surface area (Å²) in [6.45, 7) is 11.4. The maximum absolute atomic E-state index is 12.4. The number of rotatable bonds is 12. The Morgan fingerprint density at radius 2 is 1.82 bits per heavy atom. The molecule has 1 aromatic heterocycles. The van der Waals surface area contributed by atoms with Crippen LogP contribution in [0.25, 0.3) is 0 Å². The highest BCUT2D eigenvalue weighted by Crippen LogP contribution is 2.38. The molecule has 1 fully saturated rings. The third-order valence-corrected chi connectivity index (χ3v) is 6.65. The number of ether oxygens (including phenoxy) is 1. The highest BCUT2D eigenvalue weighted by molar-refractivity contribution is 6.02. The van der Waals surface area contributed by atoms with Crippen LogP contribution in [0.3, 0.4) is 0 Å². The normalized spacial score (nSPS) is 13.7. The minimum atomic E-state index is -0.288. The summed E-state index contributed by atoms with van der Waals surface area (Å²) in [5.41, 5.74) is 4.17. The molecule has 0 spiro atoms. The van der Waals surface area contributed by atoms with Gasteiger partial charge in [-0.1, -0.05) is 18.7 Å². The van der Waals surface area contributed by atoms with Gasteiger partial charge in [0.05, 0.1) is 24.2 Å². The lowest BCUT2D eigenvalue weighted by atomic mass is 10.1. The lowest BCUT2D eigenvalue weighted by molar-refractivity contribution is -0.111.